The van der Waals surface area contributed by atoms with Gasteiger partial charge in [0.25, 0.3) is 0 Å². The average molecular weight is 123 g/mol. The van der Waals surface area contributed by atoms with Crippen molar-refractivity contribution in [2.24, 2.45) is 0 Å². The smallest absolute Gasteiger partial charge is 0.164 e. The molecule has 48 valence electrons. The minimum absolute atomic E-state index is 0.623. The summed E-state index contributed by atoms with van der Waals surface area (Å²) in [6.45, 7) is 8.12. The maximum atomic E-state index is 6.70. The Balaban J connectivity index is 2.49. The van der Waals surface area contributed by atoms with Crippen LogP contribution in [0.3, 0.4) is 0 Å². The van der Waals surface area contributed by atoms with Crippen molar-refractivity contribution in [2.75, 3.05) is 13.2 Å². The zero-order chi connectivity index (χ0) is 6.53. The minimum Gasteiger partial charge on any atom is -0.379 e. The lowest BCUT2D eigenvalue weighted by atomic mass is 10.2. The molecule has 0 aromatic carbocycles. The molecule has 0 aromatic heterocycles. The van der Waals surface area contributed by atoms with Gasteiger partial charge in [0.05, 0.1) is 13.2 Å². The number of hydrogen-bond donors (Lipinski definition) is 0. The first-order valence-electron chi connectivity index (χ1n) is 3.08. The Bertz CT molecular complexity index is 155. The molecule has 0 unspecified atom stereocenters. The van der Waals surface area contributed by atoms with Crippen molar-refractivity contribution >= 4 is 0 Å². The van der Waals surface area contributed by atoms with Crippen LogP contribution in [-0.2, 0) is 4.74 Å². The van der Waals surface area contributed by atoms with Crippen LogP contribution >= 0.6 is 0 Å². The highest BCUT2D eigenvalue weighted by Crippen LogP contribution is 2.09. The van der Waals surface area contributed by atoms with Gasteiger partial charge >= 0.3 is 0 Å². The van der Waals surface area contributed by atoms with Crippen molar-refractivity contribution in [2.45, 2.75) is 12.8 Å². The summed E-state index contributed by atoms with van der Waals surface area (Å²) in [6, 6.07) is 0. The van der Waals surface area contributed by atoms with Gasteiger partial charge in [-0.25, -0.2) is 4.85 Å². The lowest BCUT2D eigenvalue weighted by Crippen LogP contribution is -1.88. The molecule has 2 nitrogen and oxygen atoms in total. The van der Waals surface area contributed by atoms with Crippen molar-refractivity contribution in [3.63, 3.8) is 0 Å². The van der Waals surface area contributed by atoms with Gasteiger partial charge in [0.2, 0.25) is 0 Å². The summed E-state index contributed by atoms with van der Waals surface area (Å²) in [5, 5.41) is 0. The third kappa shape index (κ3) is 1.87. The normalized spacial score (nSPS) is 19.7. The van der Waals surface area contributed by atoms with Gasteiger partial charge < -0.3 is 4.74 Å². The highest BCUT2D eigenvalue weighted by Gasteiger charge is 1.99. The topological polar surface area (TPSA) is 13.6 Å². The molecule has 1 aliphatic heterocycles. The van der Waals surface area contributed by atoms with Crippen molar-refractivity contribution in [1.82, 2.24) is 0 Å². The number of rotatable bonds is 0. The second-order valence-electron chi connectivity index (χ2n) is 1.99. The Hall–Kier alpha value is -0.810. The lowest BCUT2D eigenvalue weighted by molar-refractivity contribution is 0.165. The van der Waals surface area contributed by atoms with E-state index >= 15 is 0 Å². The van der Waals surface area contributed by atoms with Crippen molar-refractivity contribution < 1.29 is 4.74 Å². The molecule has 0 amide bonds. The van der Waals surface area contributed by atoms with E-state index in [0.717, 1.165) is 25.1 Å². The van der Waals surface area contributed by atoms with E-state index in [1.54, 1.807) is 0 Å². The third-order valence-corrected chi connectivity index (χ3v) is 1.30. The predicted octanol–water partition coefficient (Wildman–Crippen LogP) is 1.60. The molecule has 0 N–H and O–H groups in total. The average Bonchev–Trinajstić information content (AvgIpc) is 2.13. The highest BCUT2D eigenvalue weighted by atomic mass is 16.5. The number of nitrogens with zero attached hydrogens (tertiary/aromatic N) is 1. The molecular weight excluding hydrogens is 114 g/mol. The molecule has 1 aliphatic rings. The second kappa shape index (κ2) is 3.26. The van der Waals surface area contributed by atoms with E-state index in [1.165, 1.54) is 0 Å². The molecule has 0 atom stereocenters. The van der Waals surface area contributed by atoms with Gasteiger partial charge in [0.1, 0.15) is 0 Å². The molecule has 1 rings (SSSR count). The fourth-order valence-corrected chi connectivity index (χ4v) is 0.797. The van der Waals surface area contributed by atoms with Gasteiger partial charge in [-0.3, -0.25) is 0 Å². The Morgan fingerprint density at radius 3 is 3.33 bits per heavy atom. The van der Waals surface area contributed by atoms with E-state index in [0.29, 0.717) is 6.61 Å². The van der Waals surface area contributed by atoms with Gasteiger partial charge in [-0.05, 0) is 12.8 Å². The maximum Gasteiger partial charge on any atom is 0.164 e. The first-order chi connectivity index (χ1) is 4.43. The van der Waals surface area contributed by atoms with Crippen LogP contribution in [0, 0.1) is 6.57 Å². The first kappa shape index (κ1) is 6.31. The van der Waals surface area contributed by atoms with Crippen LogP contribution in [-0.4, -0.2) is 13.2 Å². The van der Waals surface area contributed by atoms with E-state index < -0.39 is 0 Å². The Morgan fingerprint density at radius 2 is 2.56 bits per heavy atom. The van der Waals surface area contributed by atoms with Gasteiger partial charge in [-0.15, -0.1) is 0 Å². The molecular formula is C7H9NO. The van der Waals surface area contributed by atoms with E-state index in [9.17, 15) is 0 Å². The van der Waals surface area contributed by atoms with Crippen LogP contribution in [0.1, 0.15) is 12.8 Å². The maximum absolute atomic E-state index is 6.70. The molecule has 0 saturated heterocycles. The number of allylic oxidation sites excluding steroid dienone is 1. The quantitative estimate of drug-likeness (QED) is 0.446. The molecule has 0 aliphatic carbocycles. The summed E-state index contributed by atoms with van der Waals surface area (Å²) in [5.74, 6) is 0. The van der Waals surface area contributed by atoms with Crippen LogP contribution < -0.4 is 0 Å². The predicted molar refractivity (Wildman–Crippen MR) is 34.7 cm³/mol. The minimum atomic E-state index is 0.623. The zero-order valence-corrected chi connectivity index (χ0v) is 5.26. The van der Waals surface area contributed by atoms with Gasteiger partial charge in [-0.2, -0.15) is 0 Å². The third-order valence-electron chi connectivity index (χ3n) is 1.30. The first-order valence-corrected chi connectivity index (χ1v) is 3.08. The second-order valence-corrected chi connectivity index (χ2v) is 1.99. The van der Waals surface area contributed by atoms with Gasteiger partial charge in [0, 0.05) is 6.61 Å². The summed E-state index contributed by atoms with van der Waals surface area (Å²) in [5.41, 5.74) is 0.854. The summed E-state index contributed by atoms with van der Waals surface area (Å²) in [4.78, 5) is 3.34. The Kier molecular flexibility index (Phi) is 2.29. The Morgan fingerprint density at radius 1 is 1.67 bits per heavy atom. The fourth-order valence-electron chi connectivity index (χ4n) is 0.797. The van der Waals surface area contributed by atoms with Crippen molar-refractivity contribution in [3.05, 3.63) is 23.2 Å². The number of ether oxygens (including phenoxy) is 1. The van der Waals surface area contributed by atoms with E-state index in [2.05, 4.69) is 4.85 Å². The molecule has 2 heteroatoms. The summed E-state index contributed by atoms with van der Waals surface area (Å²) in [7, 11) is 0. The van der Waals surface area contributed by atoms with Crippen LogP contribution in [0.4, 0.5) is 0 Å². The summed E-state index contributed by atoms with van der Waals surface area (Å²) >= 11 is 0. The molecule has 0 saturated carbocycles. The van der Waals surface area contributed by atoms with Crippen LogP contribution in [0.25, 0.3) is 4.85 Å². The van der Waals surface area contributed by atoms with E-state index in [-0.39, 0.29) is 0 Å². The molecule has 0 spiro atoms. The SMILES string of the molecule is [C-]#[N+]C1=CCOCCC1. The molecule has 1 heterocycles. The van der Waals surface area contributed by atoms with Crippen LogP contribution in [0.5, 0.6) is 0 Å². The molecule has 9 heavy (non-hydrogen) atoms. The van der Waals surface area contributed by atoms with Crippen molar-refractivity contribution in [1.29, 1.82) is 0 Å². The standard InChI is InChI=1S/C7H9NO/c1-8-7-3-2-5-9-6-4-7/h4H,2-3,5-6H2. The van der Waals surface area contributed by atoms with E-state index in [1.807, 2.05) is 6.08 Å². The number of hydrogen-bond acceptors (Lipinski definition) is 1. The van der Waals surface area contributed by atoms with Crippen LogP contribution in [0.15, 0.2) is 11.8 Å². The largest absolute Gasteiger partial charge is 0.379 e. The summed E-state index contributed by atoms with van der Waals surface area (Å²) in [6.07, 6.45) is 3.75. The van der Waals surface area contributed by atoms with Crippen LogP contribution in [0.2, 0.25) is 0 Å². The fraction of sp³-hybridized carbons (Fsp3) is 0.571. The van der Waals surface area contributed by atoms with Gasteiger partial charge in [-0.1, -0.05) is 6.08 Å². The van der Waals surface area contributed by atoms with Gasteiger partial charge in [0.15, 0.2) is 5.70 Å². The zero-order valence-electron chi connectivity index (χ0n) is 5.26. The lowest BCUT2D eigenvalue weighted by Gasteiger charge is -1.91. The Labute approximate surface area is 54.9 Å². The molecule has 0 bridgehead atoms. The summed E-state index contributed by atoms with van der Waals surface area (Å²) < 4.78 is 5.11. The molecule has 0 radical (unpaired) electrons. The van der Waals surface area contributed by atoms with Crippen molar-refractivity contribution in [3.8, 4) is 0 Å². The van der Waals surface area contributed by atoms with E-state index in [4.69, 9.17) is 11.3 Å². The monoisotopic (exact) mass is 123 g/mol. The molecule has 0 fully saturated rings. The highest BCUT2D eigenvalue weighted by molar-refractivity contribution is 5.10. The molecule has 0 aromatic rings.